The summed E-state index contributed by atoms with van der Waals surface area (Å²) in [5.41, 5.74) is 1.36. The summed E-state index contributed by atoms with van der Waals surface area (Å²) in [4.78, 5) is 8.02. The van der Waals surface area contributed by atoms with Crippen LogP contribution in [0.2, 0.25) is 5.02 Å². The predicted molar refractivity (Wildman–Crippen MR) is 76.4 cm³/mol. The van der Waals surface area contributed by atoms with Crippen LogP contribution < -0.4 is 4.74 Å². The molecule has 0 aliphatic rings. The lowest BCUT2D eigenvalue weighted by Crippen LogP contribution is -2.05. The Bertz CT molecular complexity index is 580. The molecule has 19 heavy (non-hydrogen) atoms. The van der Waals surface area contributed by atoms with Gasteiger partial charge in [0.05, 0.1) is 18.9 Å². The standard InChI is InChI=1S/C13H12BrClN2O2/c1-19-13-6-9(16-7-17-13)5-12(18)10-3-2-8(14)4-11(10)15/h2-4,6-7,12,18H,5H2,1H3. The van der Waals surface area contributed by atoms with Gasteiger partial charge in [-0.25, -0.2) is 9.97 Å². The monoisotopic (exact) mass is 342 g/mol. The van der Waals surface area contributed by atoms with Crippen molar-refractivity contribution in [2.75, 3.05) is 7.11 Å². The molecule has 1 heterocycles. The van der Waals surface area contributed by atoms with Crippen molar-refractivity contribution in [1.29, 1.82) is 0 Å². The molecule has 0 saturated heterocycles. The molecule has 0 spiro atoms. The smallest absolute Gasteiger partial charge is 0.216 e. The van der Waals surface area contributed by atoms with E-state index in [1.165, 1.54) is 13.4 Å². The van der Waals surface area contributed by atoms with Crippen molar-refractivity contribution in [1.82, 2.24) is 9.97 Å². The molecule has 6 heteroatoms. The molecule has 1 aromatic carbocycles. The number of aliphatic hydroxyl groups is 1. The highest BCUT2D eigenvalue weighted by atomic mass is 79.9. The van der Waals surface area contributed by atoms with Crippen molar-refractivity contribution in [3.63, 3.8) is 0 Å². The second kappa shape index (κ2) is 6.32. The Morgan fingerprint density at radius 3 is 2.84 bits per heavy atom. The molecule has 100 valence electrons. The molecule has 1 N–H and O–H groups in total. The number of benzene rings is 1. The first-order chi connectivity index (χ1) is 9.10. The first-order valence-corrected chi connectivity index (χ1v) is 6.75. The summed E-state index contributed by atoms with van der Waals surface area (Å²) in [6.45, 7) is 0. The molecule has 0 fully saturated rings. The molecule has 0 radical (unpaired) electrons. The molecule has 2 aromatic rings. The van der Waals surface area contributed by atoms with Gasteiger partial charge in [0.25, 0.3) is 0 Å². The van der Waals surface area contributed by atoms with Gasteiger partial charge < -0.3 is 9.84 Å². The number of ether oxygens (including phenoxy) is 1. The van der Waals surface area contributed by atoms with E-state index < -0.39 is 6.10 Å². The molecule has 4 nitrogen and oxygen atoms in total. The van der Waals surface area contributed by atoms with E-state index in [0.29, 0.717) is 28.6 Å². The quantitative estimate of drug-likeness (QED) is 0.926. The van der Waals surface area contributed by atoms with Crippen molar-refractivity contribution >= 4 is 27.5 Å². The third-order valence-corrected chi connectivity index (χ3v) is 3.45. The lowest BCUT2D eigenvalue weighted by Gasteiger charge is -2.12. The highest BCUT2D eigenvalue weighted by Gasteiger charge is 2.14. The van der Waals surface area contributed by atoms with Crippen LogP contribution in [-0.2, 0) is 6.42 Å². The number of hydrogen-bond donors (Lipinski definition) is 1. The zero-order valence-corrected chi connectivity index (χ0v) is 12.5. The van der Waals surface area contributed by atoms with Gasteiger partial charge in [-0.3, -0.25) is 0 Å². The van der Waals surface area contributed by atoms with Crippen molar-refractivity contribution < 1.29 is 9.84 Å². The van der Waals surface area contributed by atoms with Gasteiger partial charge in [0.2, 0.25) is 5.88 Å². The fraction of sp³-hybridized carbons (Fsp3) is 0.231. The van der Waals surface area contributed by atoms with E-state index in [4.69, 9.17) is 16.3 Å². The van der Waals surface area contributed by atoms with Crippen LogP contribution in [0, 0.1) is 0 Å². The van der Waals surface area contributed by atoms with Gasteiger partial charge in [-0.15, -0.1) is 0 Å². The van der Waals surface area contributed by atoms with Gasteiger partial charge in [0, 0.05) is 22.0 Å². The van der Waals surface area contributed by atoms with Gasteiger partial charge in [-0.2, -0.15) is 0 Å². The van der Waals surface area contributed by atoms with E-state index in [9.17, 15) is 5.11 Å². The van der Waals surface area contributed by atoms with Crippen LogP contribution in [0.15, 0.2) is 35.1 Å². The maximum Gasteiger partial charge on any atom is 0.216 e. The Labute approximate surface area is 124 Å². The minimum absolute atomic E-state index is 0.347. The average Bonchev–Trinajstić information content (AvgIpc) is 2.38. The molecular formula is C13H12BrClN2O2. The Hall–Kier alpha value is -1.17. The molecule has 1 unspecified atom stereocenters. The number of nitrogens with zero attached hydrogens (tertiary/aromatic N) is 2. The van der Waals surface area contributed by atoms with Crippen LogP contribution in [0.4, 0.5) is 0 Å². The van der Waals surface area contributed by atoms with Crippen LogP contribution in [0.1, 0.15) is 17.4 Å². The largest absolute Gasteiger partial charge is 0.481 e. The summed E-state index contributed by atoms with van der Waals surface area (Å²) in [6, 6.07) is 7.07. The van der Waals surface area contributed by atoms with Crippen LogP contribution in [0.5, 0.6) is 5.88 Å². The highest BCUT2D eigenvalue weighted by Crippen LogP contribution is 2.28. The highest BCUT2D eigenvalue weighted by molar-refractivity contribution is 9.10. The number of halogens is 2. The zero-order valence-electron chi connectivity index (χ0n) is 10.2. The molecule has 1 atom stereocenters. The molecular weight excluding hydrogens is 332 g/mol. The van der Waals surface area contributed by atoms with E-state index in [1.54, 1.807) is 18.2 Å². The Kier molecular flexibility index (Phi) is 4.74. The number of aliphatic hydroxyl groups excluding tert-OH is 1. The van der Waals surface area contributed by atoms with Crippen LogP contribution >= 0.6 is 27.5 Å². The zero-order chi connectivity index (χ0) is 13.8. The summed E-state index contributed by atoms with van der Waals surface area (Å²) in [6.07, 6.45) is 1.03. The molecule has 0 aliphatic carbocycles. The minimum atomic E-state index is -0.722. The van der Waals surface area contributed by atoms with Gasteiger partial charge in [-0.05, 0) is 17.7 Å². The second-order valence-corrected chi connectivity index (χ2v) is 5.26. The molecule has 0 saturated carbocycles. The maximum absolute atomic E-state index is 10.2. The number of rotatable bonds is 4. The number of aromatic nitrogens is 2. The van der Waals surface area contributed by atoms with Crippen molar-refractivity contribution in [2.24, 2.45) is 0 Å². The van der Waals surface area contributed by atoms with Crippen molar-refractivity contribution in [2.45, 2.75) is 12.5 Å². The van der Waals surface area contributed by atoms with E-state index in [1.807, 2.05) is 6.07 Å². The average molecular weight is 344 g/mol. The summed E-state index contributed by atoms with van der Waals surface area (Å²) >= 11 is 9.43. The molecule has 0 bridgehead atoms. The van der Waals surface area contributed by atoms with Crippen molar-refractivity contribution in [3.05, 3.63) is 51.3 Å². The predicted octanol–water partition coefficient (Wildman–Crippen LogP) is 3.18. The fourth-order valence-corrected chi connectivity index (χ4v) is 2.48. The Morgan fingerprint density at radius 1 is 1.37 bits per heavy atom. The number of hydrogen-bond acceptors (Lipinski definition) is 4. The van der Waals surface area contributed by atoms with E-state index in [-0.39, 0.29) is 0 Å². The Balaban J connectivity index is 2.17. The summed E-state index contributed by atoms with van der Waals surface area (Å²) in [5.74, 6) is 0.471. The molecule has 0 amide bonds. The molecule has 2 rings (SSSR count). The van der Waals surface area contributed by atoms with Gasteiger partial charge in [-0.1, -0.05) is 33.6 Å². The first kappa shape index (κ1) is 14.2. The third kappa shape index (κ3) is 3.65. The van der Waals surface area contributed by atoms with Gasteiger partial charge in [0.1, 0.15) is 6.33 Å². The first-order valence-electron chi connectivity index (χ1n) is 5.58. The summed E-state index contributed by atoms with van der Waals surface area (Å²) in [7, 11) is 1.54. The molecule has 0 aliphatic heterocycles. The van der Waals surface area contributed by atoms with E-state index in [0.717, 1.165) is 4.47 Å². The maximum atomic E-state index is 10.2. The summed E-state index contributed by atoms with van der Waals surface area (Å²) < 4.78 is 5.89. The molecule has 1 aromatic heterocycles. The Morgan fingerprint density at radius 2 is 2.16 bits per heavy atom. The topological polar surface area (TPSA) is 55.2 Å². The van der Waals surface area contributed by atoms with E-state index >= 15 is 0 Å². The normalized spacial score (nSPS) is 12.2. The van der Waals surface area contributed by atoms with Crippen molar-refractivity contribution in [3.8, 4) is 5.88 Å². The number of methoxy groups -OCH3 is 1. The van der Waals surface area contributed by atoms with Gasteiger partial charge >= 0.3 is 0 Å². The minimum Gasteiger partial charge on any atom is -0.481 e. The fourth-order valence-electron chi connectivity index (χ4n) is 1.68. The van der Waals surface area contributed by atoms with Gasteiger partial charge in [0.15, 0.2) is 0 Å². The van der Waals surface area contributed by atoms with Crippen LogP contribution in [0.25, 0.3) is 0 Å². The van der Waals surface area contributed by atoms with E-state index in [2.05, 4.69) is 25.9 Å². The SMILES string of the molecule is COc1cc(CC(O)c2ccc(Br)cc2Cl)ncn1. The lowest BCUT2D eigenvalue weighted by atomic mass is 10.0. The van der Waals surface area contributed by atoms with Crippen LogP contribution in [-0.4, -0.2) is 22.2 Å². The second-order valence-electron chi connectivity index (χ2n) is 3.94. The summed E-state index contributed by atoms with van der Waals surface area (Å²) in [5, 5.41) is 10.7. The third-order valence-electron chi connectivity index (χ3n) is 2.63. The lowest BCUT2D eigenvalue weighted by molar-refractivity contribution is 0.177. The van der Waals surface area contributed by atoms with Crippen LogP contribution in [0.3, 0.4) is 0 Å².